The summed E-state index contributed by atoms with van der Waals surface area (Å²) in [7, 11) is -1.27. The van der Waals surface area contributed by atoms with Crippen molar-refractivity contribution in [1.29, 1.82) is 0 Å². The Morgan fingerprint density at radius 2 is 1.69 bits per heavy atom. The molecule has 0 spiro atoms. The van der Waals surface area contributed by atoms with Crippen LogP contribution in [-0.4, -0.2) is 36.2 Å². The van der Waals surface area contributed by atoms with Gasteiger partial charge in [-0.15, -0.1) is 0 Å². The number of rotatable bonds is 1. The molecular formula is C10H16MgOSi. The molecule has 0 aliphatic rings. The SMILES string of the molecule is Cc1c(O)cccc1[Si](C)(C)C.[Mg]. The first kappa shape index (κ1) is 13.0. The summed E-state index contributed by atoms with van der Waals surface area (Å²) in [4.78, 5) is 0. The van der Waals surface area contributed by atoms with E-state index in [1.54, 1.807) is 6.07 Å². The third-order valence-electron chi connectivity index (χ3n) is 2.11. The van der Waals surface area contributed by atoms with E-state index in [1.165, 1.54) is 5.19 Å². The van der Waals surface area contributed by atoms with Crippen molar-refractivity contribution in [3.05, 3.63) is 23.8 Å². The molecule has 0 saturated carbocycles. The molecule has 1 aromatic rings. The lowest BCUT2D eigenvalue weighted by molar-refractivity contribution is 0.471. The Kier molecular flexibility index (Phi) is 4.48. The molecule has 1 nitrogen and oxygen atoms in total. The molecule has 0 aromatic heterocycles. The zero-order chi connectivity index (χ0) is 9.35. The molecule has 0 bridgehead atoms. The minimum absolute atomic E-state index is 0. The maximum Gasteiger partial charge on any atom is 0.118 e. The molecule has 0 fully saturated rings. The van der Waals surface area contributed by atoms with E-state index in [0.29, 0.717) is 5.75 Å². The molecule has 3 heteroatoms. The van der Waals surface area contributed by atoms with E-state index in [2.05, 4.69) is 25.7 Å². The molecule has 0 aliphatic heterocycles. The molecule has 1 rings (SSSR count). The molecule has 0 aliphatic carbocycles. The first-order chi connectivity index (χ1) is 5.43. The van der Waals surface area contributed by atoms with Crippen molar-refractivity contribution in [2.24, 2.45) is 0 Å². The molecule has 0 atom stereocenters. The molecule has 0 saturated heterocycles. The van der Waals surface area contributed by atoms with Crippen molar-refractivity contribution in [2.75, 3.05) is 0 Å². The van der Waals surface area contributed by atoms with Crippen LogP contribution in [0.2, 0.25) is 19.6 Å². The average Bonchev–Trinajstić information content (AvgIpc) is 1.92. The van der Waals surface area contributed by atoms with Crippen molar-refractivity contribution in [2.45, 2.75) is 26.6 Å². The van der Waals surface area contributed by atoms with Gasteiger partial charge < -0.3 is 5.11 Å². The summed E-state index contributed by atoms with van der Waals surface area (Å²) in [6.45, 7) is 8.85. The Morgan fingerprint density at radius 3 is 2.08 bits per heavy atom. The molecule has 2 radical (unpaired) electrons. The predicted octanol–water partition coefficient (Wildman–Crippen LogP) is 1.87. The zero-order valence-electron chi connectivity index (χ0n) is 8.89. The van der Waals surface area contributed by atoms with Crippen molar-refractivity contribution >= 4 is 36.3 Å². The maximum atomic E-state index is 9.49. The minimum atomic E-state index is -1.27. The highest BCUT2D eigenvalue weighted by molar-refractivity contribution is 6.89. The molecule has 1 N–H and O–H groups in total. The average molecular weight is 205 g/mol. The van der Waals surface area contributed by atoms with Gasteiger partial charge in [-0.3, -0.25) is 0 Å². The van der Waals surface area contributed by atoms with Crippen LogP contribution in [0.1, 0.15) is 5.56 Å². The highest BCUT2D eigenvalue weighted by Gasteiger charge is 2.19. The zero-order valence-corrected chi connectivity index (χ0v) is 11.3. The number of aromatic hydroxyl groups is 1. The van der Waals surface area contributed by atoms with Crippen LogP contribution in [-0.2, 0) is 0 Å². The van der Waals surface area contributed by atoms with Crippen molar-refractivity contribution in [3.8, 4) is 5.75 Å². The van der Waals surface area contributed by atoms with Crippen LogP contribution in [0.25, 0.3) is 0 Å². The van der Waals surface area contributed by atoms with Gasteiger partial charge in [0.2, 0.25) is 0 Å². The molecule has 13 heavy (non-hydrogen) atoms. The van der Waals surface area contributed by atoms with Crippen molar-refractivity contribution in [1.82, 2.24) is 0 Å². The van der Waals surface area contributed by atoms with Gasteiger partial charge in [0.05, 0.1) is 8.07 Å². The summed E-state index contributed by atoms with van der Waals surface area (Å²) in [5.74, 6) is 0.426. The van der Waals surface area contributed by atoms with Gasteiger partial charge in [0, 0.05) is 23.1 Å². The third kappa shape index (κ3) is 3.00. The second kappa shape index (κ2) is 4.48. The van der Waals surface area contributed by atoms with E-state index in [-0.39, 0.29) is 23.1 Å². The van der Waals surface area contributed by atoms with Gasteiger partial charge in [-0.2, -0.15) is 0 Å². The second-order valence-corrected chi connectivity index (χ2v) is 9.24. The fourth-order valence-corrected chi connectivity index (χ4v) is 3.29. The maximum absolute atomic E-state index is 9.49. The van der Waals surface area contributed by atoms with Gasteiger partial charge in [0.25, 0.3) is 0 Å². The molecule has 0 amide bonds. The first-order valence-corrected chi connectivity index (χ1v) is 7.72. The monoisotopic (exact) mass is 204 g/mol. The Morgan fingerprint density at radius 1 is 1.15 bits per heavy atom. The van der Waals surface area contributed by atoms with E-state index < -0.39 is 8.07 Å². The largest absolute Gasteiger partial charge is 0.508 e. The standard InChI is InChI=1S/C10H16OSi.Mg/c1-8-9(11)6-5-7-10(8)12(2,3)4;/h5-7,11H,1-4H3;. The van der Waals surface area contributed by atoms with Gasteiger partial charge in [-0.05, 0) is 18.6 Å². The van der Waals surface area contributed by atoms with E-state index in [1.807, 2.05) is 13.0 Å². The molecule has 68 valence electrons. The van der Waals surface area contributed by atoms with Crippen LogP contribution in [0.3, 0.4) is 0 Å². The summed E-state index contributed by atoms with van der Waals surface area (Å²) in [5.41, 5.74) is 1.05. The molecule has 1 aromatic carbocycles. The number of phenolic OH excluding ortho intramolecular Hbond substituents is 1. The van der Waals surface area contributed by atoms with Crippen LogP contribution < -0.4 is 5.19 Å². The normalized spacial score (nSPS) is 10.8. The van der Waals surface area contributed by atoms with Gasteiger partial charge in [0.1, 0.15) is 5.75 Å². The van der Waals surface area contributed by atoms with Crippen LogP contribution in [0.15, 0.2) is 18.2 Å². The Labute approximate surface area is 97.3 Å². The van der Waals surface area contributed by atoms with Gasteiger partial charge >= 0.3 is 0 Å². The van der Waals surface area contributed by atoms with Gasteiger partial charge in [-0.1, -0.05) is 37.0 Å². The summed E-state index contributed by atoms with van der Waals surface area (Å²) in [5, 5.41) is 10.8. The predicted molar refractivity (Wildman–Crippen MR) is 61.6 cm³/mol. The smallest absolute Gasteiger partial charge is 0.118 e. The lowest BCUT2D eigenvalue weighted by atomic mass is 10.2. The van der Waals surface area contributed by atoms with Gasteiger partial charge in [-0.25, -0.2) is 0 Å². The Hall–Kier alpha value is 0.00312. The number of hydrogen-bond acceptors (Lipinski definition) is 1. The molecule has 0 unspecified atom stereocenters. The minimum Gasteiger partial charge on any atom is -0.508 e. The van der Waals surface area contributed by atoms with Crippen LogP contribution in [0, 0.1) is 6.92 Å². The van der Waals surface area contributed by atoms with Crippen LogP contribution in [0.5, 0.6) is 5.75 Å². The van der Waals surface area contributed by atoms with Gasteiger partial charge in [0.15, 0.2) is 0 Å². The fourth-order valence-electron chi connectivity index (χ4n) is 1.44. The van der Waals surface area contributed by atoms with Crippen molar-refractivity contribution in [3.63, 3.8) is 0 Å². The summed E-state index contributed by atoms with van der Waals surface area (Å²) in [6.07, 6.45) is 0. The quantitative estimate of drug-likeness (QED) is 0.693. The molecule has 0 heterocycles. The number of hydrogen-bond donors (Lipinski definition) is 1. The first-order valence-electron chi connectivity index (χ1n) is 4.22. The third-order valence-corrected chi connectivity index (χ3v) is 4.27. The Balaban J connectivity index is 0.00000144. The summed E-state index contributed by atoms with van der Waals surface area (Å²) in [6, 6.07) is 5.80. The fraction of sp³-hybridized carbons (Fsp3) is 0.400. The summed E-state index contributed by atoms with van der Waals surface area (Å²) < 4.78 is 0. The lowest BCUT2D eigenvalue weighted by Crippen LogP contribution is -2.39. The van der Waals surface area contributed by atoms with E-state index in [4.69, 9.17) is 0 Å². The Bertz CT molecular complexity index is 291. The topological polar surface area (TPSA) is 20.2 Å². The highest BCUT2D eigenvalue weighted by Crippen LogP contribution is 2.15. The van der Waals surface area contributed by atoms with E-state index in [9.17, 15) is 5.11 Å². The van der Waals surface area contributed by atoms with E-state index >= 15 is 0 Å². The van der Waals surface area contributed by atoms with E-state index in [0.717, 1.165) is 5.56 Å². The highest BCUT2D eigenvalue weighted by atomic mass is 28.3. The van der Waals surface area contributed by atoms with Crippen LogP contribution in [0.4, 0.5) is 0 Å². The number of phenols is 1. The molecular weight excluding hydrogens is 188 g/mol. The summed E-state index contributed by atoms with van der Waals surface area (Å²) >= 11 is 0. The number of benzene rings is 1. The van der Waals surface area contributed by atoms with Crippen LogP contribution >= 0.6 is 0 Å². The lowest BCUT2D eigenvalue weighted by Gasteiger charge is -2.19. The van der Waals surface area contributed by atoms with Crippen molar-refractivity contribution < 1.29 is 5.11 Å². The second-order valence-electron chi connectivity index (χ2n) is 4.20.